The van der Waals surface area contributed by atoms with E-state index in [-0.39, 0.29) is 0 Å². The van der Waals surface area contributed by atoms with Crippen LogP contribution in [-0.2, 0) is 0 Å². The zero-order valence-electron chi connectivity index (χ0n) is 13.9. The Morgan fingerprint density at radius 2 is 2.00 bits per heavy atom. The molecule has 1 aromatic heterocycles. The van der Waals surface area contributed by atoms with Crippen LogP contribution in [0.1, 0.15) is 57.9 Å². The van der Waals surface area contributed by atoms with Crippen LogP contribution in [0.15, 0.2) is 17.5 Å². The van der Waals surface area contributed by atoms with Crippen LogP contribution in [-0.4, -0.2) is 31.6 Å². The Morgan fingerprint density at radius 1 is 1.30 bits per heavy atom. The van der Waals surface area contributed by atoms with E-state index in [1.807, 2.05) is 11.3 Å². The first kappa shape index (κ1) is 17.7. The summed E-state index contributed by atoms with van der Waals surface area (Å²) in [4.78, 5) is 3.99. The van der Waals surface area contributed by atoms with E-state index >= 15 is 0 Å². The summed E-state index contributed by atoms with van der Waals surface area (Å²) in [5, 5.41) is 5.81. The maximum absolute atomic E-state index is 3.63. The molecular formula is C17H32N2S. The lowest BCUT2D eigenvalue weighted by molar-refractivity contribution is 0.129. The number of nitrogens with one attached hydrogen (secondary N) is 1. The van der Waals surface area contributed by atoms with E-state index in [0.29, 0.717) is 11.5 Å². The first-order valence-electron chi connectivity index (χ1n) is 8.03. The lowest BCUT2D eigenvalue weighted by Crippen LogP contribution is -2.43. The lowest BCUT2D eigenvalue weighted by Gasteiger charge is -2.38. The molecule has 1 heterocycles. The van der Waals surface area contributed by atoms with E-state index in [1.165, 1.54) is 24.1 Å². The minimum Gasteiger partial charge on any atom is -0.316 e. The van der Waals surface area contributed by atoms with Crippen molar-refractivity contribution in [1.29, 1.82) is 0 Å². The Hall–Kier alpha value is -0.380. The quantitative estimate of drug-likeness (QED) is 0.637. The van der Waals surface area contributed by atoms with Crippen LogP contribution in [0.25, 0.3) is 0 Å². The maximum Gasteiger partial charge on any atom is 0.0410 e. The van der Waals surface area contributed by atoms with Gasteiger partial charge in [0.15, 0.2) is 0 Å². The van der Waals surface area contributed by atoms with Gasteiger partial charge in [0.25, 0.3) is 0 Å². The van der Waals surface area contributed by atoms with Gasteiger partial charge in [-0.1, -0.05) is 26.8 Å². The molecule has 1 atom stereocenters. The van der Waals surface area contributed by atoms with Crippen LogP contribution >= 0.6 is 11.3 Å². The van der Waals surface area contributed by atoms with Crippen molar-refractivity contribution >= 4 is 11.3 Å². The average molecular weight is 297 g/mol. The summed E-state index contributed by atoms with van der Waals surface area (Å²) in [7, 11) is 2.27. The van der Waals surface area contributed by atoms with Gasteiger partial charge in [-0.25, -0.2) is 0 Å². The van der Waals surface area contributed by atoms with Gasteiger partial charge < -0.3 is 5.32 Å². The molecule has 0 aliphatic rings. The van der Waals surface area contributed by atoms with E-state index in [2.05, 4.69) is 62.5 Å². The third-order valence-corrected chi connectivity index (χ3v) is 5.67. The van der Waals surface area contributed by atoms with Crippen LogP contribution in [0.4, 0.5) is 0 Å². The Morgan fingerprint density at radius 3 is 2.50 bits per heavy atom. The smallest absolute Gasteiger partial charge is 0.0410 e. The number of hydrogen-bond acceptors (Lipinski definition) is 3. The third-order valence-electron chi connectivity index (χ3n) is 4.63. The third kappa shape index (κ3) is 4.87. The molecule has 20 heavy (non-hydrogen) atoms. The van der Waals surface area contributed by atoms with E-state index in [1.54, 1.807) is 0 Å². The van der Waals surface area contributed by atoms with Gasteiger partial charge in [0.1, 0.15) is 0 Å². The molecule has 0 saturated carbocycles. The van der Waals surface area contributed by atoms with Gasteiger partial charge >= 0.3 is 0 Å². The minimum absolute atomic E-state index is 0.398. The molecule has 0 aromatic carbocycles. The fraction of sp³-hybridized carbons (Fsp3) is 0.765. The molecule has 0 aliphatic heterocycles. The topological polar surface area (TPSA) is 15.3 Å². The Kier molecular flexibility index (Phi) is 7.78. The highest BCUT2D eigenvalue weighted by Gasteiger charge is 2.29. The number of rotatable bonds is 10. The zero-order valence-corrected chi connectivity index (χ0v) is 14.7. The Labute approximate surface area is 129 Å². The molecule has 0 saturated heterocycles. The zero-order chi connectivity index (χ0) is 15.0. The van der Waals surface area contributed by atoms with Gasteiger partial charge in [0.2, 0.25) is 0 Å². The summed E-state index contributed by atoms with van der Waals surface area (Å²) in [5.41, 5.74) is 0.398. The Bertz CT molecular complexity index is 344. The van der Waals surface area contributed by atoms with Crippen molar-refractivity contribution in [3.63, 3.8) is 0 Å². The molecule has 2 nitrogen and oxygen atoms in total. The molecule has 1 aromatic rings. The van der Waals surface area contributed by atoms with Crippen LogP contribution < -0.4 is 5.32 Å². The van der Waals surface area contributed by atoms with Gasteiger partial charge in [-0.2, -0.15) is 0 Å². The van der Waals surface area contributed by atoms with Crippen LogP contribution in [0, 0.1) is 5.41 Å². The standard InChI is InChI=1S/C17H32N2S/c1-6-11-18-13-17(7-2,8-3)14-19(5)15(4)16-10-9-12-20-16/h9-10,12,15,18H,6-8,11,13-14H2,1-5H3. The first-order chi connectivity index (χ1) is 9.58. The van der Waals surface area contributed by atoms with Crippen LogP contribution in [0.5, 0.6) is 0 Å². The minimum atomic E-state index is 0.398. The predicted octanol–water partition coefficient (Wildman–Crippen LogP) is 4.55. The van der Waals surface area contributed by atoms with E-state index in [4.69, 9.17) is 0 Å². The highest BCUT2D eigenvalue weighted by Crippen LogP contribution is 2.31. The van der Waals surface area contributed by atoms with E-state index < -0.39 is 0 Å². The van der Waals surface area contributed by atoms with Crippen molar-refractivity contribution in [2.45, 2.75) is 53.0 Å². The van der Waals surface area contributed by atoms with Crippen molar-refractivity contribution in [2.24, 2.45) is 5.41 Å². The molecule has 0 spiro atoms. The molecule has 116 valence electrons. The molecule has 1 rings (SSSR count). The molecule has 0 radical (unpaired) electrons. The molecule has 0 amide bonds. The fourth-order valence-electron chi connectivity index (χ4n) is 2.72. The van der Waals surface area contributed by atoms with Gasteiger partial charge in [-0.3, -0.25) is 4.90 Å². The van der Waals surface area contributed by atoms with Gasteiger partial charge in [-0.05, 0) is 56.6 Å². The fourth-order valence-corrected chi connectivity index (χ4v) is 3.57. The van der Waals surface area contributed by atoms with Crippen molar-refractivity contribution in [2.75, 3.05) is 26.7 Å². The Balaban J connectivity index is 2.63. The summed E-state index contributed by atoms with van der Waals surface area (Å²) in [6, 6.07) is 4.92. The highest BCUT2D eigenvalue weighted by molar-refractivity contribution is 7.10. The second kappa shape index (κ2) is 8.81. The maximum atomic E-state index is 3.63. The largest absolute Gasteiger partial charge is 0.316 e. The summed E-state index contributed by atoms with van der Waals surface area (Å²) in [5.74, 6) is 0. The van der Waals surface area contributed by atoms with Crippen molar-refractivity contribution in [3.05, 3.63) is 22.4 Å². The second-order valence-electron chi connectivity index (χ2n) is 5.99. The van der Waals surface area contributed by atoms with Crippen LogP contribution in [0.3, 0.4) is 0 Å². The van der Waals surface area contributed by atoms with Gasteiger partial charge in [0, 0.05) is 24.0 Å². The molecule has 1 unspecified atom stereocenters. The van der Waals surface area contributed by atoms with Crippen molar-refractivity contribution < 1.29 is 0 Å². The monoisotopic (exact) mass is 296 g/mol. The van der Waals surface area contributed by atoms with Gasteiger partial charge in [0.05, 0.1) is 0 Å². The summed E-state index contributed by atoms with van der Waals surface area (Å²) in [6.07, 6.45) is 3.69. The molecule has 1 N–H and O–H groups in total. The van der Waals surface area contributed by atoms with E-state index in [0.717, 1.165) is 19.6 Å². The normalized spacial score (nSPS) is 13.9. The van der Waals surface area contributed by atoms with E-state index in [9.17, 15) is 0 Å². The molecule has 3 heteroatoms. The summed E-state index contributed by atoms with van der Waals surface area (Å²) < 4.78 is 0. The highest BCUT2D eigenvalue weighted by atomic mass is 32.1. The lowest BCUT2D eigenvalue weighted by atomic mass is 9.81. The molecule has 0 aliphatic carbocycles. The molecule has 0 bridgehead atoms. The number of thiophene rings is 1. The number of hydrogen-bond donors (Lipinski definition) is 1. The number of nitrogens with zero attached hydrogens (tertiary/aromatic N) is 1. The average Bonchev–Trinajstić information content (AvgIpc) is 2.99. The molecule has 0 fully saturated rings. The van der Waals surface area contributed by atoms with Crippen molar-refractivity contribution in [3.8, 4) is 0 Å². The predicted molar refractivity (Wildman–Crippen MR) is 91.5 cm³/mol. The molecular weight excluding hydrogens is 264 g/mol. The summed E-state index contributed by atoms with van der Waals surface area (Å²) in [6.45, 7) is 12.7. The SMILES string of the molecule is CCCNCC(CC)(CC)CN(C)C(C)c1cccs1. The van der Waals surface area contributed by atoms with Crippen molar-refractivity contribution in [1.82, 2.24) is 10.2 Å². The first-order valence-corrected chi connectivity index (χ1v) is 8.91. The second-order valence-corrected chi connectivity index (χ2v) is 6.97. The van der Waals surface area contributed by atoms with Crippen LogP contribution in [0.2, 0.25) is 0 Å². The van der Waals surface area contributed by atoms with Gasteiger partial charge in [-0.15, -0.1) is 11.3 Å². The summed E-state index contributed by atoms with van der Waals surface area (Å²) >= 11 is 1.86.